The summed E-state index contributed by atoms with van der Waals surface area (Å²) in [6.45, 7) is 2.41. The van der Waals surface area contributed by atoms with E-state index in [0.29, 0.717) is 0 Å². The van der Waals surface area contributed by atoms with Crippen molar-refractivity contribution in [2.45, 2.75) is 101 Å². The van der Waals surface area contributed by atoms with Crippen molar-refractivity contribution in [3.05, 3.63) is 53.6 Å². The molecule has 0 N–H and O–H groups in total. The van der Waals surface area contributed by atoms with Gasteiger partial charge in [0.05, 0.1) is 11.6 Å². The first kappa shape index (κ1) is 21.0. The van der Waals surface area contributed by atoms with Crippen LogP contribution >= 0.6 is 0 Å². The van der Waals surface area contributed by atoms with Gasteiger partial charge in [-0.2, -0.15) is 5.26 Å². The van der Waals surface area contributed by atoms with Gasteiger partial charge in [0.2, 0.25) is 0 Å². The molecule has 3 aliphatic rings. The summed E-state index contributed by atoms with van der Waals surface area (Å²) in [4.78, 5) is 0. The Labute approximate surface area is 189 Å². The van der Waals surface area contributed by atoms with Gasteiger partial charge in [0.15, 0.2) is 0 Å². The molecule has 2 heteroatoms. The van der Waals surface area contributed by atoms with Crippen molar-refractivity contribution in [2.24, 2.45) is 0 Å². The Hall–Kier alpha value is -1.85. The number of nitriles is 1. The molecule has 0 saturated heterocycles. The van der Waals surface area contributed by atoms with Crippen molar-refractivity contribution in [1.29, 1.82) is 5.26 Å². The zero-order valence-electron chi connectivity index (χ0n) is 19.2. The van der Waals surface area contributed by atoms with E-state index in [4.69, 9.17) is 0 Å². The maximum absolute atomic E-state index is 9.28. The summed E-state index contributed by atoms with van der Waals surface area (Å²) in [5.41, 5.74) is 8.22. The maximum atomic E-state index is 9.28. The van der Waals surface area contributed by atoms with E-state index in [-0.39, 0.29) is 0 Å². The highest BCUT2D eigenvalue weighted by Crippen LogP contribution is 2.60. The second kappa shape index (κ2) is 8.95. The average molecular weight is 428 g/mol. The van der Waals surface area contributed by atoms with Crippen molar-refractivity contribution in [1.82, 2.24) is 0 Å². The number of fused-ring (bicyclic) bond motifs is 1. The molecular weight excluding hydrogens is 390 g/mol. The number of hydrogen-bond acceptors (Lipinski definition) is 1. The Balaban J connectivity index is 1.69. The third-order valence-corrected chi connectivity index (χ3v) is 16.0. The molecule has 0 aromatic heterocycles. The SMILES string of the molecule is CCCC1c2cccc(-c3ccc(C#N)cc3)c2[Si]1(C1CCCCC1)C1CCCCC1. The van der Waals surface area contributed by atoms with Gasteiger partial charge in [0.25, 0.3) is 0 Å². The summed E-state index contributed by atoms with van der Waals surface area (Å²) in [5.74, 6) is 0. The van der Waals surface area contributed by atoms with E-state index in [1.54, 1.807) is 5.56 Å². The molecule has 0 amide bonds. The van der Waals surface area contributed by atoms with Crippen LogP contribution in [0.2, 0.25) is 11.1 Å². The lowest BCUT2D eigenvalue weighted by Gasteiger charge is -2.60. The number of hydrogen-bond donors (Lipinski definition) is 0. The molecule has 1 heterocycles. The van der Waals surface area contributed by atoms with Crippen LogP contribution in [0, 0.1) is 11.3 Å². The standard InChI is InChI=1S/C29H37NSi/c1-2-10-28-27-16-9-15-26(23-19-17-22(21-30)18-20-23)29(27)31(28,24-11-5-3-6-12-24)25-13-7-4-8-14-25/h9,15-20,24-25,28H,2-8,10-14H2,1H3. The van der Waals surface area contributed by atoms with Crippen LogP contribution < -0.4 is 5.19 Å². The summed E-state index contributed by atoms with van der Waals surface area (Å²) in [5, 5.41) is 11.1. The van der Waals surface area contributed by atoms with E-state index in [1.165, 1.54) is 88.2 Å². The van der Waals surface area contributed by atoms with Crippen LogP contribution in [0.15, 0.2) is 42.5 Å². The average Bonchev–Trinajstić information content (AvgIpc) is 2.84. The molecular formula is C29H37NSi. The monoisotopic (exact) mass is 427 g/mol. The topological polar surface area (TPSA) is 23.8 Å². The molecule has 2 aromatic rings. The second-order valence-electron chi connectivity index (χ2n) is 10.4. The molecule has 162 valence electrons. The molecule has 0 radical (unpaired) electrons. The van der Waals surface area contributed by atoms with Crippen LogP contribution in [0.3, 0.4) is 0 Å². The van der Waals surface area contributed by atoms with Crippen LogP contribution in [0.25, 0.3) is 11.1 Å². The summed E-state index contributed by atoms with van der Waals surface area (Å²) < 4.78 is 0. The molecule has 1 unspecified atom stereocenters. The summed E-state index contributed by atoms with van der Waals surface area (Å²) in [6, 6.07) is 18.0. The minimum absolute atomic E-state index is 0.769. The molecule has 1 aliphatic heterocycles. The first-order valence-corrected chi connectivity index (χ1v) is 15.2. The Bertz CT molecular complexity index is 924. The van der Waals surface area contributed by atoms with Crippen LogP contribution in [0.4, 0.5) is 0 Å². The van der Waals surface area contributed by atoms with Gasteiger partial charge < -0.3 is 0 Å². The molecule has 2 aliphatic carbocycles. The fourth-order valence-corrected chi connectivity index (χ4v) is 16.3. The van der Waals surface area contributed by atoms with Gasteiger partial charge in [0, 0.05) is 0 Å². The second-order valence-corrected chi connectivity index (χ2v) is 15.1. The summed E-state index contributed by atoms with van der Waals surface area (Å²) in [7, 11) is -1.63. The smallest absolute Gasteiger partial charge is 0.101 e. The Morgan fingerprint density at radius 2 is 1.45 bits per heavy atom. The molecule has 1 atom stereocenters. The Kier molecular flexibility index (Phi) is 6.07. The van der Waals surface area contributed by atoms with Crippen molar-refractivity contribution in [2.75, 3.05) is 0 Å². The molecule has 2 fully saturated rings. The highest BCUT2D eigenvalue weighted by molar-refractivity contribution is 7.00. The third-order valence-electron chi connectivity index (χ3n) is 8.95. The van der Waals surface area contributed by atoms with Crippen molar-refractivity contribution < 1.29 is 0 Å². The normalized spacial score (nSPS) is 23.5. The van der Waals surface area contributed by atoms with E-state index in [2.05, 4.69) is 43.3 Å². The fourth-order valence-electron chi connectivity index (χ4n) is 7.82. The molecule has 31 heavy (non-hydrogen) atoms. The zero-order valence-corrected chi connectivity index (χ0v) is 20.2. The van der Waals surface area contributed by atoms with E-state index >= 15 is 0 Å². The highest BCUT2D eigenvalue weighted by atomic mass is 28.3. The lowest BCUT2D eigenvalue weighted by Crippen LogP contribution is -2.70. The molecule has 1 nitrogen and oxygen atoms in total. The molecule has 0 spiro atoms. The van der Waals surface area contributed by atoms with Gasteiger partial charge in [-0.1, -0.05) is 108 Å². The van der Waals surface area contributed by atoms with Gasteiger partial charge >= 0.3 is 0 Å². The van der Waals surface area contributed by atoms with Crippen molar-refractivity contribution in [3.8, 4) is 17.2 Å². The summed E-state index contributed by atoms with van der Waals surface area (Å²) >= 11 is 0. The highest BCUT2D eigenvalue weighted by Gasteiger charge is 2.61. The minimum atomic E-state index is -1.63. The van der Waals surface area contributed by atoms with E-state index < -0.39 is 8.07 Å². The van der Waals surface area contributed by atoms with Crippen LogP contribution in [-0.2, 0) is 0 Å². The molecule has 2 aromatic carbocycles. The first-order valence-electron chi connectivity index (χ1n) is 12.9. The Morgan fingerprint density at radius 3 is 2.00 bits per heavy atom. The van der Waals surface area contributed by atoms with Crippen molar-refractivity contribution in [3.63, 3.8) is 0 Å². The minimum Gasteiger partial charge on any atom is -0.192 e. The fraction of sp³-hybridized carbons (Fsp3) is 0.552. The van der Waals surface area contributed by atoms with E-state index in [1.807, 2.05) is 17.3 Å². The van der Waals surface area contributed by atoms with Crippen LogP contribution in [0.1, 0.15) is 101 Å². The van der Waals surface area contributed by atoms with Gasteiger partial charge in [-0.25, -0.2) is 0 Å². The van der Waals surface area contributed by atoms with E-state index in [9.17, 15) is 5.26 Å². The molecule has 0 bridgehead atoms. The first-order chi connectivity index (χ1) is 15.3. The van der Waals surface area contributed by atoms with E-state index in [0.717, 1.165) is 22.2 Å². The summed E-state index contributed by atoms with van der Waals surface area (Å²) in [6.07, 6.45) is 17.4. The third kappa shape index (κ3) is 3.41. The van der Waals surface area contributed by atoms with Gasteiger partial charge in [-0.15, -0.1) is 0 Å². The lowest BCUT2D eigenvalue weighted by molar-refractivity contribution is 0.440. The molecule has 5 rings (SSSR count). The van der Waals surface area contributed by atoms with Gasteiger partial charge in [0.1, 0.15) is 8.07 Å². The predicted octanol–water partition coefficient (Wildman–Crippen LogP) is 7.99. The largest absolute Gasteiger partial charge is 0.192 e. The lowest BCUT2D eigenvalue weighted by atomic mass is 9.96. The Morgan fingerprint density at radius 1 is 0.839 bits per heavy atom. The maximum Gasteiger partial charge on any atom is 0.101 e. The van der Waals surface area contributed by atoms with Crippen molar-refractivity contribution >= 4 is 13.3 Å². The predicted molar refractivity (Wildman–Crippen MR) is 133 cm³/mol. The van der Waals surface area contributed by atoms with Crippen LogP contribution in [-0.4, -0.2) is 8.07 Å². The molecule has 2 saturated carbocycles. The number of benzene rings is 2. The number of rotatable bonds is 5. The zero-order chi connectivity index (χ0) is 21.3. The number of nitrogens with zero attached hydrogens (tertiary/aromatic N) is 1. The van der Waals surface area contributed by atoms with Gasteiger partial charge in [-0.05, 0) is 57.1 Å². The quantitative estimate of drug-likeness (QED) is 0.444. The van der Waals surface area contributed by atoms with Gasteiger partial charge in [-0.3, -0.25) is 0 Å². The van der Waals surface area contributed by atoms with Crippen LogP contribution in [0.5, 0.6) is 0 Å².